The molecule has 36 heavy (non-hydrogen) atoms. The Balaban J connectivity index is 1.52. The predicted molar refractivity (Wildman–Crippen MR) is 139 cm³/mol. The molecule has 2 aromatic carbocycles. The molecule has 1 unspecified atom stereocenters. The first-order valence-corrected chi connectivity index (χ1v) is 12.8. The number of benzene rings is 2. The summed E-state index contributed by atoms with van der Waals surface area (Å²) in [6.07, 6.45) is 5.90. The number of carbonyl (C=O) groups excluding carboxylic acids is 2. The van der Waals surface area contributed by atoms with E-state index in [4.69, 9.17) is 9.15 Å². The van der Waals surface area contributed by atoms with Gasteiger partial charge in [0.05, 0.1) is 24.5 Å². The molecular weight excluding hydrogens is 459 g/mol. The predicted octanol–water partition coefficient (Wildman–Crippen LogP) is 6.64. The second kappa shape index (κ2) is 11.6. The van der Waals surface area contributed by atoms with Gasteiger partial charge in [-0.3, -0.25) is 9.59 Å². The lowest BCUT2D eigenvalue weighted by atomic mass is 9.82. The van der Waals surface area contributed by atoms with Crippen LogP contribution in [-0.4, -0.2) is 37.0 Å². The molecule has 4 rings (SSSR count). The van der Waals surface area contributed by atoms with Crippen LogP contribution < -0.4 is 5.32 Å². The number of aryl methyl sites for hydroxylation is 1. The zero-order valence-electron chi connectivity index (χ0n) is 21.3. The SMILES string of the molecule is CCOC(=O)CCN(C)C(=O)c1ccc(NC(c2oc3cccc(F)c3c2C)C2CCCCC2)cc1. The minimum Gasteiger partial charge on any atom is -0.466 e. The van der Waals surface area contributed by atoms with Crippen molar-refractivity contribution in [1.29, 1.82) is 0 Å². The van der Waals surface area contributed by atoms with E-state index in [0.29, 0.717) is 35.6 Å². The van der Waals surface area contributed by atoms with Gasteiger partial charge in [-0.25, -0.2) is 4.39 Å². The van der Waals surface area contributed by atoms with Gasteiger partial charge in [0.2, 0.25) is 0 Å². The van der Waals surface area contributed by atoms with Crippen molar-refractivity contribution in [2.45, 2.75) is 58.4 Å². The van der Waals surface area contributed by atoms with Crippen molar-refractivity contribution in [2.75, 3.05) is 25.5 Å². The van der Waals surface area contributed by atoms with Crippen molar-refractivity contribution in [1.82, 2.24) is 4.90 Å². The quantitative estimate of drug-likeness (QED) is 0.338. The first kappa shape index (κ1) is 25.7. The smallest absolute Gasteiger partial charge is 0.307 e. The molecule has 1 heterocycles. The molecule has 6 nitrogen and oxygen atoms in total. The van der Waals surface area contributed by atoms with Gasteiger partial charge in [0.1, 0.15) is 17.2 Å². The number of anilines is 1. The topological polar surface area (TPSA) is 71.8 Å². The van der Waals surface area contributed by atoms with Gasteiger partial charge in [0.25, 0.3) is 5.91 Å². The van der Waals surface area contributed by atoms with E-state index < -0.39 is 0 Å². The Labute approximate surface area is 211 Å². The van der Waals surface area contributed by atoms with E-state index >= 15 is 0 Å². The number of ether oxygens (including phenoxy) is 1. The average Bonchev–Trinajstić information content (AvgIpc) is 3.23. The highest BCUT2D eigenvalue weighted by Gasteiger charge is 2.30. The molecule has 1 atom stereocenters. The Morgan fingerprint density at radius 2 is 1.86 bits per heavy atom. The first-order valence-electron chi connectivity index (χ1n) is 12.8. The number of rotatable bonds is 9. The maximum atomic E-state index is 14.6. The third kappa shape index (κ3) is 5.72. The van der Waals surface area contributed by atoms with E-state index in [0.717, 1.165) is 29.9 Å². The molecule has 1 aliphatic rings. The summed E-state index contributed by atoms with van der Waals surface area (Å²) < 4.78 is 25.7. The number of furan rings is 1. The summed E-state index contributed by atoms with van der Waals surface area (Å²) in [6, 6.07) is 12.2. The fraction of sp³-hybridized carbons (Fsp3) is 0.448. The summed E-state index contributed by atoms with van der Waals surface area (Å²) in [5.41, 5.74) is 2.82. The number of nitrogens with zero attached hydrogens (tertiary/aromatic N) is 1. The highest BCUT2D eigenvalue weighted by Crippen LogP contribution is 2.41. The van der Waals surface area contributed by atoms with Crippen molar-refractivity contribution in [3.8, 4) is 0 Å². The van der Waals surface area contributed by atoms with Crippen LogP contribution in [0.25, 0.3) is 11.0 Å². The third-order valence-corrected chi connectivity index (χ3v) is 7.10. The van der Waals surface area contributed by atoms with Gasteiger partial charge < -0.3 is 19.4 Å². The van der Waals surface area contributed by atoms with Gasteiger partial charge in [0, 0.05) is 30.4 Å². The van der Waals surface area contributed by atoms with E-state index in [1.54, 1.807) is 32.2 Å². The van der Waals surface area contributed by atoms with E-state index in [9.17, 15) is 14.0 Å². The Bertz CT molecular complexity index is 1200. The average molecular weight is 495 g/mol. The number of hydrogen-bond donors (Lipinski definition) is 1. The van der Waals surface area contributed by atoms with Crippen LogP contribution in [0.3, 0.4) is 0 Å². The van der Waals surface area contributed by atoms with E-state index in [2.05, 4.69) is 5.32 Å². The molecule has 7 heteroatoms. The number of esters is 1. The second-order valence-electron chi connectivity index (χ2n) is 9.58. The molecule has 3 aromatic rings. The first-order chi connectivity index (χ1) is 17.4. The lowest BCUT2D eigenvalue weighted by molar-refractivity contribution is -0.143. The van der Waals surface area contributed by atoms with Gasteiger partial charge in [-0.1, -0.05) is 25.3 Å². The van der Waals surface area contributed by atoms with E-state index in [-0.39, 0.29) is 30.2 Å². The summed E-state index contributed by atoms with van der Waals surface area (Å²) >= 11 is 0. The third-order valence-electron chi connectivity index (χ3n) is 7.10. The van der Waals surface area contributed by atoms with Crippen LogP contribution in [-0.2, 0) is 9.53 Å². The molecule has 1 fully saturated rings. The molecule has 192 valence electrons. The van der Waals surface area contributed by atoms with E-state index in [1.807, 2.05) is 25.1 Å². The highest BCUT2D eigenvalue weighted by molar-refractivity contribution is 5.94. The monoisotopic (exact) mass is 494 g/mol. The fourth-order valence-electron chi connectivity index (χ4n) is 5.14. The summed E-state index contributed by atoms with van der Waals surface area (Å²) in [4.78, 5) is 25.9. The molecular formula is C29H35FN2O4. The summed E-state index contributed by atoms with van der Waals surface area (Å²) in [6.45, 7) is 4.31. The summed E-state index contributed by atoms with van der Waals surface area (Å²) in [7, 11) is 1.68. The summed E-state index contributed by atoms with van der Waals surface area (Å²) in [5, 5.41) is 4.18. The summed E-state index contributed by atoms with van der Waals surface area (Å²) in [5.74, 6) is 0.416. The molecule has 1 amide bonds. The number of amides is 1. The minimum atomic E-state index is -0.314. The van der Waals surface area contributed by atoms with Crippen LogP contribution in [0, 0.1) is 18.7 Å². The molecule has 0 aliphatic heterocycles. The molecule has 0 spiro atoms. The largest absolute Gasteiger partial charge is 0.466 e. The van der Waals surface area contributed by atoms with Gasteiger partial charge in [-0.2, -0.15) is 0 Å². The van der Waals surface area contributed by atoms with Crippen molar-refractivity contribution in [3.63, 3.8) is 0 Å². The number of nitrogens with one attached hydrogen (secondary N) is 1. The van der Waals surface area contributed by atoms with Gasteiger partial charge in [0.15, 0.2) is 0 Å². The van der Waals surface area contributed by atoms with Crippen LogP contribution in [0.4, 0.5) is 10.1 Å². The normalized spacial score (nSPS) is 15.0. The van der Waals surface area contributed by atoms with E-state index in [1.165, 1.54) is 30.2 Å². The molecule has 0 saturated heterocycles. The fourth-order valence-corrected chi connectivity index (χ4v) is 5.14. The van der Waals surface area contributed by atoms with Crippen molar-refractivity contribution in [3.05, 3.63) is 65.2 Å². The van der Waals surface area contributed by atoms with Gasteiger partial charge >= 0.3 is 5.97 Å². The number of halogens is 1. The van der Waals surface area contributed by atoms with Crippen LogP contribution in [0.5, 0.6) is 0 Å². The Kier molecular flexibility index (Phi) is 8.28. The maximum Gasteiger partial charge on any atom is 0.307 e. The lowest BCUT2D eigenvalue weighted by Gasteiger charge is -2.31. The van der Waals surface area contributed by atoms with Gasteiger partial charge in [-0.05, 0) is 69.0 Å². The standard InChI is InChI=1S/C29H35FN2O4/c1-4-35-25(33)17-18-32(3)29(34)21-13-15-22(16-14-21)31-27(20-9-6-5-7-10-20)28-19(2)26-23(30)11-8-12-24(26)36-28/h8,11-16,20,27,31H,4-7,9-10,17-18H2,1-3H3. The maximum absolute atomic E-state index is 14.6. The Morgan fingerprint density at radius 3 is 2.53 bits per heavy atom. The Morgan fingerprint density at radius 1 is 1.14 bits per heavy atom. The zero-order chi connectivity index (χ0) is 25.7. The zero-order valence-corrected chi connectivity index (χ0v) is 21.3. The second-order valence-corrected chi connectivity index (χ2v) is 9.58. The van der Waals surface area contributed by atoms with Crippen molar-refractivity contribution in [2.24, 2.45) is 5.92 Å². The molecule has 1 saturated carbocycles. The van der Waals surface area contributed by atoms with Crippen molar-refractivity contribution >= 4 is 28.5 Å². The van der Waals surface area contributed by atoms with Crippen LogP contribution >= 0.6 is 0 Å². The molecule has 0 radical (unpaired) electrons. The number of hydrogen-bond acceptors (Lipinski definition) is 5. The molecule has 1 aliphatic carbocycles. The lowest BCUT2D eigenvalue weighted by Crippen LogP contribution is -2.29. The molecule has 1 aromatic heterocycles. The molecule has 1 N–H and O–H groups in total. The van der Waals surface area contributed by atoms with Crippen LogP contribution in [0.2, 0.25) is 0 Å². The van der Waals surface area contributed by atoms with Crippen LogP contribution in [0.15, 0.2) is 46.9 Å². The highest BCUT2D eigenvalue weighted by atomic mass is 19.1. The van der Waals surface area contributed by atoms with Crippen LogP contribution in [0.1, 0.15) is 73.2 Å². The minimum absolute atomic E-state index is 0.0918. The van der Waals surface area contributed by atoms with Gasteiger partial charge in [-0.15, -0.1) is 0 Å². The molecule has 0 bridgehead atoms. The number of fused-ring (bicyclic) bond motifs is 1. The number of carbonyl (C=O) groups is 2. The Hall–Kier alpha value is -3.35. The van der Waals surface area contributed by atoms with Crippen molar-refractivity contribution < 1.29 is 23.1 Å².